The Hall–Kier alpha value is -4.77. The first-order valence-corrected chi connectivity index (χ1v) is 13.7. The van der Waals surface area contributed by atoms with Gasteiger partial charge in [-0.15, -0.1) is 0 Å². The summed E-state index contributed by atoms with van der Waals surface area (Å²) in [6, 6.07) is 33.5. The summed E-state index contributed by atoms with van der Waals surface area (Å²) < 4.78 is 5.39. The Balaban J connectivity index is 0.000000199. The van der Waals surface area contributed by atoms with Gasteiger partial charge in [0.05, 0.1) is 0 Å². The maximum absolute atomic E-state index is 11.6. The van der Waals surface area contributed by atoms with E-state index < -0.39 is 0 Å². The minimum atomic E-state index is -0.335. The van der Waals surface area contributed by atoms with Gasteiger partial charge in [0, 0.05) is 12.5 Å². The van der Waals surface area contributed by atoms with Crippen LogP contribution in [0.3, 0.4) is 0 Å². The number of benzene rings is 4. The topological polar surface area (TPSA) is 98.5 Å². The Morgan fingerprint density at radius 2 is 1.12 bits per heavy atom. The number of carbonyl (C=O) groups excluding carboxylic acids is 3. The predicted octanol–water partition coefficient (Wildman–Crippen LogP) is 7.05. The van der Waals surface area contributed by atoms with Crippen LogP contribution in [0.4, 0.5) is 4.79 Å². The van der Waals surface area contributed by atoms with Gasteiger partial charge in [-0.05, 0) is 63.0 Å². The van der Waals surface area contributed by atoms with Gasteiger partial charge in [0.1, 0.15) is 6.61 Å². The monoisotopic (exact) mass is 548 g/mol. The largest absolute Gasteiger partial charge is 0.449 e. The van der Waals surface area contributed by atoms with E-state index in [-0.39, 0.29) is 18.2 Å². The molecule has 2 aliphatic carbocycles. The molecular weight excluding hydrogens is 512 g/mol. The number of fused-ring (bicyclic) bond motifs is 6. The summed E-state index contributed by atoms with van der Waals surface area (Å²) in [7, 11) is 0. The second-order valence-corrected chi connectivity index (χ2v) is 9.31. The quantitative estimate of drug-likeness (QED) is 0.251. The molecule has 0 heterocycles. The van der Waals surface area contributed by atoms with Crippen molar-refractivity contribution >= 4 is 17.8 Å². The van der Waals surface area contributed by atoms with Gasteiger partial charge in [-0.1, -0.05) is 117 Å². The number of nitrogens with two attached hydrogens (primary N) is 1. The molecule has 0 spiro atoms. The third-order valence-corrected chi connectivity index (χ3v) is 6.66. The predicted molar refractivity (Wildman–Crippen MR) is 163 cm³/mol. The molecule has 3 N–H and O–H groups in total. The van der Waals surface area contributed by atoms with Crippen LogP contribution in [0.2, 0.25) is 0 Å². The second-order valence-electron chi connectivity index (χ2n) is 9.31. The van der Waals surface area contributed by atoms with Gasteiger partial charge in [-0.25, -0.2) is 4.79 Å². The van der Waals surface area contributed by atoms with E-state index in [1.54, 1.807) is 0 Å². The van der Waals surface area contributed by atoms with Crippen molar-refractivity contribution in [1.29, 1.82) is 0 Å². The number of alkyl carbamates (subject to hydrolysis) is 1. The van der Waals surface area contributed by atoms with Crippen molar-refractivity contribution < 1.29 is 19.1 Å². The molecule has 6 rings (SSSR count). The molecule has 0 radical (unpaired) electrons. The van der Waals surface area contributed by atoms with E-state index in [0.717, 1.165) is 18.5 Å². The Bertz CT molecular complexity index is 1410. The van der Waals surface area contributed by atoms with Crippen LogP contribution in [-0.4, -0.2) is 31.9 Å². The SMILES string of the molecule is C=C1c2ccccc2-c2ccccc21.CCCNC(=O)OCC1c2ccccc2-c2ccccc21.CCN.O=C=O. The molecular formula is C35H36N2O4. The zero-order valence-corrected chi connectivity index (χ0v) is 23.6. The number of amides is 1. The second kappa shape index (κ2) is 15.7. The summed E-state index contributed by atoms with van der Waals surface area (Å²) >= 11 is 0. The summed E-state index contributed by atoms with van der Waals surface area (Å²) in [5.41, 5.74) is 16.1. The van der Waals surface area contributed by atoms with Crippen LogP contribution in [0.15, 0.2) is 104 Å². The lowest BCUT2D eigenvalue weighted by atomic mass is 9.98. The van der Waals surface area contributed by atoms with Gasteiger partial charge in [-0.2, -0.15) is 9.59 Å². The third kappa shape index (κ3) is 7.46. The summed E-state index contributed by atoms with van der Waals surface area (Å²) in [6.07, 6.45) is 0.822. The van der Waals surface area contributed by atoms with Crippen molar-refractivity contribution in [2.45, 2.75) is 26.2 Å². The lowest BCUT2D eigenvalue weighted by Crippen LogP contribution is -2.26. The summed E-state index contributed by atoms with van der Waals surface area (Å²) in [5.74, 6) is 0.129. The molecule has 2 aliphatic rings. The van der Waals surface area contributed by atoms with Gasteiger partial charge in [0.2, 0.25) is 0 Å². The van der Waals surface area contributed by atoms with Crippen molar-refractivity contribution in [2.75, 3.05) is 19.7 Å². The first-order chi connectivity index (χ1) is 20.0. The average Bonchev–Trinajstić information content (AvgIpc) is 3.48. The number of nitrogens with one attached hydrogen (secondary N) is 1. The molecule has 41 heavy (non-hydrogen) atoms. The molecule has 4 aromatic rings. The van der Waals surface area contributed by atoms with Crippen LogP contribution >= 0.6 is 0 Å². The van der Waals surface area contributed by atoms with E-state index in [9.17, 15) is 4.79 Å². The normalized spacial score (nSPS) is 11.3. The van der Waals surface area contributed by atoms with Gasteiger partial charge in [0.25, 0.3) is 0 Å². The van der Waals surface area contributed by atoms with Gasteiger partial charge in [0.15, 0.2) is 0 Å². The number of rotatable bonds is 4. The van der Waals surface area contributed by atoms with Crippen molar-refractivity contribution in [1.82, 2.24) is 5.32 Å². The van der Waals surface area contributed by atoms with E-state index in [4.69, 9.17) is 20.1 Å². The molecule has 6 nitrogen and oxygen atoms in total. The standard InChI is InChI=1S/C18H19NO2.C14H10.C2H7N.CO2/c1-2-11-19-18(20)21-12-17-15-9-5-3-7-13(15)14-8-4-6-10-16(14)17;1-10-11-6-2-4-8-13(11)14-9-5-3-7-12(10)14;1-2-3;2-1-3/h3-10,17H,2,11-12H2,1H3,(H,19,20);2-9H,1H2;2-3H2,1H3;. The highest BCUT2D eigenvalue weighted by atomic mass is 16.5. The number of ether oxygens (including phenoxy) is 1. The highest BCUT2D eigenvalue weighted by Gasteiger charge is 2.28. The van der Waals surface area contributed by atoms with Crippen LogP contribution in [0.1, 0.15) is 48.4 Å². The van der Waals surface area contributed by atoms with Crippen LogP contribution in [0.25, 0.3) is 27.8 Å². The highest BCUT2D eigenvalue weighted by molar-refractivity contribution is 6.00. The fraction of sp³-hybridized carbons (Fsp3) is 0.200. The van der Waals surface area contributed by atoms with Crippen molar-refractivity contribution in [3.05, 3.63) is 126 Å². The lowest BCUT2D eigenvalue weighted by Gasteiger charge is -2.14. The summed E-state index contributed by atoms with van der Waals surface area (Å²) in [6.45, 7) is 9.84. The van der Waals surface area contributed by atoms with Crippen molar-refractivity contribution in [3.8, 4) is 22.3 Å². The third-order valence-electron chi connectivity index (χ3n) is 6.66. The lowest BCUT2D eigenvalue weighted by molar-refractivity contribution is -0.191. The molecule has 0 saturated carbocycles. The summed E-state index contributed by atoms with van der Waals surface area (Å²) in [5, 5.41) is 2.74. The minimum Gasteiger partial charge on any atom is -0.449 e. The smallest absolute Gasteiger partial charge is 0.407 e. The van der Waals surface area contributed by atoms with E-state index in [0.29, 0.717) is 13.2 Å². The van der Waals surface area contributed by atoms with Crippen LogP contribution < -0.4 is 11.1 Å². The minimum absolute atomic E-state index is 0.129. The molecule has 4 aromatic carbocycles. The zero-order chi connectivity index (χ0) is 29.6. The molecule has 210 valence electrons. The van der Waals surface area contributed by atoms with E-state index in [2.05, 4.69) is 84.7 Å². The van der Waals surface area contributed by atoms with Gasteiger partial charge in [-0.3, -0.25) is 0 Å². The average molecular weight is 549 g/mol. The van der Waals surface area contributed by atoms with E-state index >= 15 is 0 Å². The Labute approximate surface area is 241 Å². The van der Waals surface area contributed by atoms with Crippen molar-refractivity contribution in [3.63, 3.8) is 0 Å². The first-order valence-electron chi connectivity index (χ1n) is 13.7. The van der Waals surface area contributed by atoms with Crippen LogP contribution in [0, 0.1) is 0 Å². The first kappa shape index (κ1) is 30.8. The zero-order valence-electron chi connectivity index (χ0n) is 23.6. The van der Waals surface area contributed by atoms with Gasteiger partial charge < -0.3 is 15.8 Å². The van der Waals surface area contributed by atoms with Crippen LogP contribution in [-0.2, 0) is 14.3 Å². The van der Waals surface area contributed by atoms with E-state index in [1.165, 1.54) is 44.5 Å². The molecule has 0 saturated heterocycles. The van der Waals surface area contributed by atoms with Crippen LogP contribution in [0.5, 0.6) is 0 Å². The van der Waals surface area contributed by atoms with E-state index in [1.807, 2.05) is 38.1 Å². The molecule has 0 bridgehead atoms. The molecule has 6 heteroatoms. The fourth-order valence-electron chi connectivity index (χ4n) is 4.98. The highest BCUT2D eigenvalue weighted by Crippen LogP contribution is 2.44. The molecule has 0 aromatic heterocycles. The molecule has 0 fully saturated rings. The Kier molecular flexibility index (Phi) is 11.8. The number of hydrogen-bond acceptors (Lipinski definition) is 5. The fourth-order valence-corrected chi connectivity index (χ4v) is 4.98. The Morgan fingerprint density at radius 3 is 1.54 bits per heavy atom. The molecule has 0 aliphatic heterocycles. The maximum Gasteiger partial charge on any atom is 0.407 e. The molecule has 1 amide bonds. The number of carbonyl (C=O) groups is 1. The molecule has 0 atom stereocenters. The summed E-state index contributed by atoms with van der Waals surface area (Å²) in [4.78, 5) is 27.9. The Morgan fingerprint density at radius 1 is 0.756 bits per heavy atom. The van der Waals surface area contributed by atoms with Crippen molar-refractivity contribution in [2.24, 2.45) is 5.73 Å². The maximum atomic E-state index is 11.6. The number of hydrogen-bond donors (Lipinski definition) is 2. The van der Waals surface area contributed by atoms with Gasteiger partial charge >= 0.3 is 12.2 Å². The molecule has 0 unspecified atom stereocenters.